The van der Waals surface area contributed by atoms with Crippen LogP contribution in [0, 0.1) is 0 Å². The molecule has 364 valence electrons. The molecule has 0 aromatic rings. The quantitative estimate of drug-likeness (QED) is 0.0195. The van der Waals surface area contributed by atoms with Crippen LogP contribution >= 0.6 is 7.82 Å². The van der Waals surface area contributed by atoms with E-state index in [2.05, 4.69) is 50.3 Å². The zero-order chi connectivity index (χ0) is 45.7. The standard InChI is InChI=1S/C52H98NO8P/c1-6-8-10-12-14-16-18-20-22-23-24-25-26-27-28-29-31-33-35-37-39-41-43-45-52(55)61-50(49-60-62(56,57)59-47-46-53(3,4)5)48-58-51(54)44-42-40-38-36-34-32-30-21-19-17-15-13-11-9-7-2/h29,31,34,36-37,39,50H,6-28,30,32-33,35,38,40-49H2,1-5H3/b31-29+,36-34+,39-37+/t50-/m1/s1. The van der Waals surface area contributed by atoms with Gasteiger partial charge in [0.05, 0.1) is 27.7 Å². The SMILES string of the molecule is CCCCCCCCCCC/C=C/CCCCC(=O)OC[C@H](COP(=O)([O-])OCC[N+](C)(C)C)OC(=O)CCC/C=C/CC/C=C/CCCCCCCCCCCCCCCC. The third-order valence-electron chi connectivity index (χ3n) is 11.1. The van der Waals surface area contributed by atoms with Crippen LogP contribution in [0.1, 0.15) is 232 Å². The fraction of sp³-hybridized carbons (Fsp3) is 0.846. The molecule has 0 rings (SSSR count). The fourth-order valence-corrected chi connectivity index (χ4v) is 7.81. The average molecular weight is 896 g/mol. The lowest BCUT2D eigenvalue weighted by atomic mass is 10.0. The van der Waals surface area contributed by atoms with Gasteiger partial charge in [-0.05, 0) is 70.6 Å². The van der Waals surface area contributed by atoms with Gasteiger partial charge in [-0.1, -0.05) is 185 Å². The molecule has 0 bridgehead atoms. The van der Waals surface area contributed by atoms with E-state index < -0.39 is 32.5 Å². The zero-order valence-corrected chi connectivity index (χ0v) is 42.0. The van der Waals surface area contributed by atoms with Crippen molar-refractivity contribution < 1.29 is 42.1 Å². The Kier molecular flexibility index (Phi) is 43.2. The van der Waals surface area contributed by atoms with E-state index in [-0.39, 0.29) is 26.1 Å². The van der Waals surface area contributed by atoms with E-state index in [9.17, 15) is 19.0 Å². The van der Waals surface area contributed by atoms with Crippen LogP contribution in [0.5, 0.6) is 0 Å². The number of phosphoric acid groups is 1. The van der Waals surface area contributed by atoms with Gasteiger partial charge < -0.3 is 27.9 Å². The third-order valence-corrected chi connectivity index (χ3v) is 12.1. The molecular weight excluding hydrogens is 798 g/mol. The topological polar surface area (TPSA) is 111 Å². The van der Waals surface area contributed by atoms with E-state index in [0.29, 0.717) is 23.9 Å². The molecule has 2 atom stereocenters. The maximum Gasteiger partial charge on any atom is 0.306 e. The first-order valence-corrected chi connectivity index (χ1v) is 27.2. The Morgan fingerprint density at radius 2 is 0.855 bits per heavy atom. The van der Waals surface area contributed by atoms with Gasteiger partial charge in [0.1, 0.15) is 19.8 Å². The molecule has 0 saturated heterocycles. The molecule has 0 radical (unpaired) electrons. The zero-order valence-electron chi connectivity index (χ0n) is 41.1. The summed E-state index contributed by atoms with van der Waals surface area (Å²) in [6, 6.07) is 0. The van der Waals surface area contributed by atoms with Crippen molar-refractivity contribution in [2.75, 3.05) is 47.5 Å². The van der Waals surface area contributed by atoms with Gasteiger partial charge >= 0.3 is 11.9 Å². The number of unbranched alkanes of at least 4 members (excludes halogenated alkanes) is 27. The van der Waals surface area contributed by atoms with Crippen molar-refractivity contribution in [3.05, 3.63) is 36.5 Å². The average Bonchev–Trinajstić information content (AvgIpc) is 3.23. The lowest BCUT2D eigenvalue weighted by Gasteiger charge is -2.28. The van der Waals surface area contributed by atoms with E-state index in [1.54, 1.807) is 0 Å². The maximum absolute atomic E-state index is 12.7. The molecule has 0 N–H and O–H groups in total. The molecule has 0 heterocycles. The largest absolute Gasteiger partial charge is 0.756 e. The van der Waals surface area contributed by atoms with Crippen LogP contribution in [0.2, 0.25) is 0 Å². The highest BCUT2D eigenvalue weighted by Gasteiger charge is 2.21. The normalized spacial score (nSPS) is 13.7. The van der Waals surface area contributed by atoms with Gasteiger partial charge in [-0.15, -0.1) is 0 Å². The van der Waals surface area contributed by atoms with E-state index in [1.807, 2.05) is 21.1 Å². The second-order valence-electron chi connectivity index (χ2n) is 18.5. The molecule has 0 aliphatic rings. The Balaban J connectivity index is 4.30. The molecule has 9 nitrogen and oxygen atoms in total. The number of hydrogen-bond donors (Lipinski definition) is 0. The number of ether oxygens (including phenoxy) is 2. The molecule has 62 heavy (non-hydrogen) atoms. The van der Waals surface area contributed by atoms with Gasteiger partial charge in [-0.3, -0.25) is 14.2 Å². The first-order valence-electron chi connectivity index (χ1n) is 25.7. The molecule has 0 spiro atoms. The van der Waals surface area contributed by atoms with Gasteiger partial charge in [-0.25, -0.2) is 0 Å². The molecule has 0 aromatic carbocycles. The molecule has 1 unspecified atom stereocenters. The highest BCUT2D eigenvalue weighted by atomic mass is 31.2. The Bertz CT molecular complexity index is 1150. The Labute approximate surface area is 382 Å². The van der Waals surface area contributed by atoms with Crippen LogP contribution in [0.4, 0.5) is 0 Å². The number of carbonyl (C=O) groups excluding carboxylic acids is 2. The van der Waals surface area contributed by atoms with Crippen molar-refractivity contribution in [2.45, 2.75) is 238 Å². The van der Waals surface area contributed by atoms with Crippen LogP contribution < -0.4 is 4.89 Å². The summed E-state index contributed by atoms with van der Waals surface area (Å²) in [7, 11) is 1.14. The number of carbonyl (C=O) groups is 2. The summed E-state index contributed by atoms with van der Waals surface area (Å²) >= 11 is 0. The Morgan fingerprint density at radius 1 is 0.484 bits per heavy atom. The Hall–Kier alpha value is -1.77. The van der Waals surface area contributed by atoms with E-state index in [4.69, 9.17) is 18.5 Å². The molecular formula is C52H98NO8P. The van der Waals surface area contributed by atoms with E-state index in [0.717, 1.165) is 44.9 Å². The van der Waals surface area contributed by atoms with Crippen molar-refractivity contribution in [3.8, 4) is 0 Å². The van der Waals surface area contributed by atoms with E-state index >= 15 is 0 Å². The fourth-order valence-electron chi connectivity index (χ4n) is 7.08. The number of nitrogens with zero attached hydrogens (tertiary/aromatic N) is 1. The summed E-state index contributed by atoms with van der Waals surface area (Å²) in [6.45, 7) is 4.19. The number of hydrogen-bond acceptors (Lipinski definition) is 8. The lowest BCUT2D eigenvalue weighted by molar-refractivity contribution is -0.870. The third kappa shape index (κ3) is 47.7. The minimum atomic E-state index is -4.64. The van der Waals surface area contributed by atoms with Crippen molar-refractivity contribution >= 4 is 19.8 Å². The van der Waals surface area contributed by atoms with Gasteiger partial charge in [0, 0.05) is 12.8 Å². The maximum atomic E-state index is 12.7. The first-order chi connectivity index (χ1) is 30.0. The molecule has 0 amide bonds. The molecule has 0 saturated carbocycles. The van der Waals surface area contributed by atoms with Crippen LogP contribution in [-0.2, 0) is 32.7 Å². The summed E-state index contributed by atoms with van der Waals surface area (Å²) in [4.78, 5) is 37.6. The van der Waals surface area contributed by atoms with Crippen LogP contribution in [0.3, 0.4) is 0 Å². The van der Waals surface area contributed by atoms with Gasteiger partial charge in [0.2, 0.25) is 0 Å². The summed E-state index contributed by atoms with van der Waals surface area (Å²) in [5, 5.41) is 0. The smallest absolute Gasteiger partial charge is 0.306 e. The van der Waals surface area contributed by atoms with Crippen LogP contribution in [0.15, 0.2) is 36.5 Å². The summed E-state index contributed by atoms with van der Waals surface area (Å²) in [6.07, 6.45) is 52.0. The van der Waals surface area contributed by atoms with Crippen LogP contribution in [0.25, 0.3) is 0 Å². The molecule has 0 aliphatic heterocycles. The molecule has 0 aliphatic carbocycles. The van der Waals surface area contributed by atoms with E-state index in [1.165, 1.54) is 148 Å². The number of phosphoric ester groups is 1. The second kappa shape index (κ2) is 44.4. The number of quaternary nitrogens is 1. The number of allylic oxidation sites excluding steroid dienone is 6. The molecule has 10 heteroatoms. The summed E-state index contributed by atoms with van der Waals surface area (Å²) in [5.41, 5.74) is 0. The highest BCUT2D eigenvalue weighted by molar-refractivity contribution is 7.45. The van der Waals surface area contributed by atoms with Crippen molar-refractivity contribution in [1.82, 2.24) is 0 Å². The molecule has 0 fully saturated rings. The summed E-state index contributed by atoms with van der Waals surface area (Å²) < 4.78 is 33.9. The monoisotopic (exact) mass is 896 g/mol. The van der Waals surface area contributed by atoms with Crippen molar-refractivity contribution in [1.29, 1.82) is 0 Å². The summed E-state index contributed by atoms with van der Waals surface area (Å²) in [5.74, 6) is -0.903. The number of esters is 2. The van der Waals surface area contributed by atoms with Gasteiger partial charge in [-0.2, -0.15) is 0 Å². The molecule has 0 aromatic heterocycles. The number of rotatable bonds is 47. The van der Waals surface area contributed by atoms with Gasteiger partial charge in [0.25, 0.3) is 7.82 Å². The minimum absolute atomic E-state index is 0.0402. The predicted octanol–water partition coefficient (Wildman–Crippen LogP) is 14.6. The predicted molar refractivity (Wildman–Crippen MR) is 259 cm³/mol. The second-order valence-corrected chi connectivity index (χ2v) is 19.9. The minimum Gasteiger partial charge on any atom is -0.756 e. The highest BCUT2D eigenvalue weighted by Crippen LogP contribution is 2.38. The van der Waals surface area contributed by atoms with Crippen molar-refractivity contribution in [2.24, 2.45) is 0 Å². The lowest BCUT2D eigenvalue weighted by Crippen LogP contribution is -2.37. The first kappa shape index (κ1) is 60.2. The number of likely N-dealkylation sites (N-methyl/N-ethyl adjacent to an activating group) is 1. The van der Waals surface area contributed by atoms with Crippen LogP contribution in [-0.4, -0.2) is 70.0 Å². The van der Waals surface area contributed by atoms with Gasteiger partial charge in [0.15, 0.2) is 6.10 Å². The van der Waals surface area contributed by atoms with Crippen molar-refractivity contribution in [3.63, 3.8) is 0 Å². The Morgan fingerprint density at radius 3 is 1.29 bits per heavy atom.